The number of hydrogen-bond donors (Lipinski definition) is 1. The molecule has 0 saturated heterocycles. The van der Waals surface area contributed by atoms with Crippen LogP contribution in [0.3, 0.4) is 0 Å². The molecule has 0 atom stereocenters. The molecule has 10 heteroatoms. The number of carbonyl (C=O) groups excluding carboxylic acids is 1. The van der Waals surface area contributed by atoms with Crippen molar-refractivity contribution in [3.8, 4) is 0 Å². The molecule has 0 aromatic carbocycles. The molecule has 4 heterocycles. The Kier molecular flexibility index (Phi) is 5.89. The maximum absolute atomic E-state index is 11.9. The second-order valence-electron chi connectivity index (χ2n) is 5.79. The third kappa shape index (κ3) is 4.34. The van der Waals surface area contributed by atoms with Crippen LogP contribution in [0.5, 0.6) is 0 Å². The monoisotopic (exact) mass is 431 g/mol. The number of thioether (sulfide) groups is 1. The number of imidazole rings is 1. The van der Waals surface area contributed by atoms with E-state index in [2.05, 4.69) is 38.0 Å². The lowest BCUT2D eigenvalue weighted by Gasteiger charge is -2.00. The summed E-state index contributed by atoms with van der Waals surface area (Å²) in [6, 6.07) is 7.71. The average molecular weight is 432 g/mol. The minimum absolute atomic E-state index is 0.391. The number of nitrogens with one attached hydrogen (secondary N) is 1. The van der Waals surface area contributed by atoms with Crippen molar-refractivity contribution in [1.29, 1.82) is 0 Å². The molecule has 0 radical (unpaired) electrons. The summed E-state index contributed by atoms with van der Waals surface area (Å²) in [6.45, 7) is 0.836. The van der Waals surface area contributed by atoms with Crippen LogP contribution in [0.4, 0.5) is 5.13 Å². The Morgan fingerprint density at radius 1 is 1.32 bits per heavy atom. The molecule has 4 aromatic heterocycles. The number of hydrogen-bond acceptors (Lipinski definition) is 9. The summed E-state index contributed by atoms with van der Waals surface area (Å²) in [5.74, 6) is 0.254. The van der Waals surface area contributed by atoms with Crippen molar-refractivity contribution in [1.82, 2.24) is 19.6 Å². The first-order chi connectivity index (χ1) is 13.7. The lowest BCUT2D eigenvalue weighted by molar-refractivity contribution is 0.0602. The molecular weight excluding hydrogens is 414 g/mol. The second kappa shape index (κ2) is 8.72. The number of methoxy groups -OCH3 is 1. The smallest absolute Gasteiger partial charge is 0.341 e. The zero-order valence-electron chi connectivity index (χ0n) is 15.0. The quantitative estimate of drug-likeness (QED) is 0.334. The number of aromatic nitrogens is 4. The lowest BCUT2D eigenvalue weighted by Crippen LogP contribution is -2.03. The summed E-state index contributed by atoms with van der Waals surface area (Å²) in [7, 11) is 1.37. The Hall–Kier alpha value is -2.43. The Balaban J connectivity index is 1.35. The van der Waals surface area contributed by atoms with Gasteiger partial charge in [0.1, 0.15) is 5.56 Å². The van der Waals surface area contributed by atoms with Gasteiger partial charge in [0.25, 0.3) is 0 Å². The van der Waals surface area contributed by atoms with Crippen LogP contribution < -0.4 is 5.32 Å². The summed E-state index contributed by atoms with van der Waals surface area (Å²) in [6.07, 6.45) is 4.75. The third-order valence-corrected chi connectivity index (χ3v) is 6.90. The molecule has 144 valence electrons. The van der Waals surface area contributed by atoms with Crippen molar-refractivity contribution in [2.45, 2.75) is 16.5 Å². The molecule has 0 aliphatic rings. The maximum Gasteiger partial charge on any atom is 0.341 e. The molecule has 0 aliphatic heterocycles. The van der Waals surface area contributed by atoms with Gasteiger partial charge in [-0.15, -0.1) is 21.5 Å². The molecule has 0 unspecified atom stereocenters. The van der Waals surface area contributed by atoms with Gasteiger partial charge in [-0.3, -0.25) is 0 Å². The number of esters is 1. The average Bonchev–Trinajstić information content (AvgIpc) is 3.46. The van der Waals surface area contributed by atoms with Crippen LogP contribution in [0.15, 0.2) is 46.4 Å². The minimum Gasteiger partial charge on any atom is -0.465 e. The predicted octanol–water partition coefficient (Wildman–Crippen LogP) is 3.98. The van der Waals surface area contributed by atoms with Crippen molar-refractivity contribution in [3.63, 3.8) is 0 Å². The van der Waals surface area contributed by atoms with Crippen molar-refractivity contribution >= 4 is 51.2 Å². The van der Waals surface area contributed by atoms with Crippen molar-refractivity contribution in [2.24, 2.45) is 0 Å². The van der Waals surface area contributed by atoms with E-state index in [1.54, 1.807) is 35.2 Å². The first-order valence-corrected chi connectivity index (χ1v) is 11.2. The molecule has 0 fully saturated rings. The number of rotatable bonds is 8. The van der Waals surface area contributed by atoms with Gasteiger partial charge in [-0.05, 0) is 30.0 Å². The first kappa shape index (κ1) is 18.9. The van der Waals surface area contributed by atoms with Crippen molar-refractivity contribution in [3.05, 3.63) is 58.2 Å². The highest BCUT2D eigenvalue weighted by molar-refractivity contribution is 8.00. The van der Waals surface area contributed by atoms with Gasteiger partial charge in [-0.2, -0.15) is 0 Å². The molecule has 28 heavy (non-hydrogen) atoms. The molecule has 0 saturated carbocycles. The molecule has 4 aromatic rings. The molecule has 4 rings (SSSR count). The highest BCUT2D eigenvalue weighted by Gasteiger charge is 2.14. The summed E-state index contributed by atoms with van der Waals surface area (Å²) in [5, 5.41) is 14.6. The highest BCUT2D eigenvalue weighted by Crippen LogP contribution is 2.28. The maximum atomic E-state index is 11.9. The van der Waals surface area contributed by atoms with Gasteiger partial charge in [0.15, 0.2) is 9.99 Å². The fraction of sp³-hybridized carbons (Fsp3) is 0.222. The van der Waals surface area contributed by atoms with E-state index in [9.17, 15) is 4.79 Å². The van der Waals surface area contributed by atoms with E-state index in [-0.39, 0.29) is 0 Å². The second-order valence-corrected chi connectivity index (χ2v) is 9.03. The number of thiophene rings is 1. The van der Waals surface area contributed by atoms with E-state index < -0.39 is 5.97 Å². The van der Waals surface area contributed by atoms with Gasteiger partial charge >= 0.3 is 5.97 Å². The predicted molar refractivity (Wildman–Crippen MR) is 113 cm³/mol. The van der Waals surface area contributed by atoms with Crippen LogP contribution in [0.2, 0.25) is 0 Å². The third-order valence-electron chi connectivity index (χ3n) is 3.92. The van der Waals surface area contributed by atoms with Gasteiger partial charge in [0.2, 0.25) is 5.13 Å². The van der Waals surface area contributed by atoms with Crippen LogP contribution in [-0.4, -0.2) is 39.2 Å². The Bertz CT molecular complexity index is 1070. The lowest BCUT2D eigenvalue weighted by atomic mass is 10.3. The zero-order valence-corrected chi connectivity index (χ0v) is 17.4. The molecule has 0 aliphatic carbocycles. The number of fused-ring (bicyclic) bond motifs is 1. The van der Waals surface area contributed by atoms with Crippen molar-refractivity contribution < 1.29 is 9.53 Å². The number of ether oxygens (including phenoxy) is 1. The fourth-order valence-electron chi connectivity index (χ4n) is 2.63. The molecule has 0 bridgehead atoms. The van der Waals surface area contributed by atoms with E-state index in [0.29, 0.717) is 17.0 Å². The molecule has 7 nitrogen and oxygen atoms in total. The number of nitrogens with zero attached hydrogens (tertiary/aromatic N) is 4. The standard InChI is InChI=1S/C18H17N5O2S3/c1-25-16(24)14-5-2-8-23-10-12(20-15(14)23)11-27-18-22-21-17(28-18)19-7-6-13-4-3-9-26-13/h2-5,8-10H,6-7,11H2,1H3,(H,19,21). The Morgan fingerprint density at radius 3 is 3.07 bits per heavy atom. The van der Waals surface area contributed by atoms with Crippen molar-refractivity contribution in [2.75, 3.05) is 19.0 Å². The van der Waals surface area contributed by atoms with E-state index in [0.717, 1.165) is 28.1 Å². The molecule has 1 N–H and O–H groups in total. The van der Waals surface area contributed by atoms with E-state index >= 15 is 0 Å². The van der Waals surface area contributed by atoms with Gasteiger partial charge in [-0.1, -0.05) is 29.2 Å². The highest BCUT2D eigenvalue weighted by atomic mass is 32.2. The normalized spacial score (nSPS) is 11.0. The fourth-order valence-corrected chi connectivity index (χ4v) is 5.00. The summed E-state index contributed by atoms with van der Waals surface area (Å²) < 4.78 is 7.53. The van der Waals surface area contributed by atoms with Gasteiger partial charge in [0, 0.05) is 29.6 Å². The van der Waals surface area contributed by atoms with E-state index in [1.807, 2.05) is 16.8 Å². The SMILES string of the molecule is COC(=O)c1cccn2cc(CSc3nnc(NCCc4cccs4)s3)nc12. The number of anilines is 1. The van der Waals surface area contributed by atoms with E-state index in [1.165, 1.54) is 23.3 Å². The number of pyridine rings is 1. The van der Waals surface area contributed by atoms with Crippen LogP contribution in [0, 0.1) is 0 Å². The van der Waals surface area contributed by atoms with E-state index in [4.69, 9.17) is 4.74 Å². The summed E-state index contributed by atoms with van der Waals surface area (Å²) in [5.41, 5.74) is 1.91. The largest absolute Gasteiger partial charge is 0.465 e. The van der Waals surface area contributed by atoms with Crippen LogP contribution in [0.1, 0.15) is 20.9 Å². The Morgan fingerprint density at radius 2 is 2.25 bits per heavy atom. The molecule has 0 amide bonds. The van der Waals surface area contributed by atoms with Gasteiger partial charge in [0.05, 0.1) is 12.8 Å². The zero-order chi connectivity index (χ0) is 19.3. The summed E-state index contributed by atoms with van der Waals surface area (Å²) >= 11 is 4.87. The molecule has 0 spiro atoms. The van der Waals surface area contributed by atoms with Crippen LogP contribution in [0.25, 0.3) is 5.65 Å². The van der Waals surface area contributed by atoms with Crippen LogP contribution >= 0.6 is 34.4 Å². The summed E-state index contributed by atoms with van der Waals surface area (Å²) in [4.78, 5) is 17.8. The number of carbonyl (C=O) groups is 1. The molecular formula is C18H17N5O2S3. The first-order valence-electron chi connectivity index (χ1n) is 8.50. The topological polar surface area (TPSA) is 81.4 Å². The Labute approximate surface area is 173 Å². The minimum atomic E-state index is -0.391. The van der Waals surface area contributed by atoms with Crippen LogP contribution in [-0.2, 0) is 16.9 Å². The van der Waals surface area contributed by atoms with Gasteiger partial charge in [-0.25, -0.2) is 9.78 Å². The van der Waals surface area contributed by atoms with Gasteiger partial charge < -0.3 is 14.5 Å².